The highest BCUT2D eigenvalue weighted by atomic mass is 32.1. The van der Waals surface area contributed by atoms with Gasteiger partial charge >= 0.3 is 0 Å². The SMILES string of the molecule is Cc1cccc(NC(=S)N(C)CC(=O)NC(C)(C)C)c1. The number of thiocarbonyl (C=S) groups is 1. The highest BCUT2D eigenvalue weighted by Gasteiger charge is 2.16. The lowest BCUT2D eigenvalue weighted by molar-refractivity contribution is -0.122. The van der Waals surface area contributed by atoms with Gasteiger partial charge in [-0.1, -0.05) is 12.1 Å². The van der Waals surface area contributed by atoms with E-state index in [1.807, 2.05) is 52.0 Å². The maximum Gasteiger partial charge on any atom is 0.239 e. The van der Waals surface area contributed by atoms with E-state index in [9.17, 15) is 4.79 Å². The van der Waals surface area contributed by atoms with Crippen molar-refractivity contribution in [1.29, 1.82) is 0 Å². The predicted octanol–water partition coefficient (Wildman–Crippen LogP) is 2.54. The molecule has 20 heavy (non-hydrogen) atoms. The van der Waals surface area contributed by atoms with E-state index in [0.29, 0.717) is 5.11 Å². The standard InChI is InChI=1S/C15H23N3OS/c1-11-7-6-8-12(9-11)16-14(20)18(5)10-13(19)17-15(2,3)4/h6-9H,10H2,1-5H3,(H,16,20)(H,17,19). The lowest BCUT2D eigenvalue weighted by Gasteiger charge is -2.25. The summed E-state index contributed by atoms with van der Waals surface area (Å²) in [5.41, 5.74) is 1.85. The van der Waals surface area contributed by atoms with E-state index in [-0.39, 0.29) is 18.0 Å². The van der Waals surface area contributed by atoms with Crippen LogP contribution < -0.4 is 10.6 Å². The Balaban J connectivity index is 2.53. The van der Waals surface area contributed by atoms with E-state index in [4.69, 9.17) is 12.2 Å². The van der Waals surface area contributed by atoms with Crippen LogP contribution in [0.5, 0.6) is 0 Å². The van der Waals surface area contributed by atoms with Gasteiger partial charge in [-0.15, -0.1) is 0 Å². The largest absolute Gasteiger partial charge is 0.350 e. The minimum atomic E-state index is -0.233. The average molecular weight is 293 g/mol. The van der Waals surface area contributed by atoms with Gasteiger partial charge in [0.25, 0.3) is 0 Å². The van der Waals surface area contributed by atoms with Crippen LogP contribution in [0.1, 0.15) is 26.3 Å². The number of carbonyl (C=O) groups is 1. The molecular weight excluding hydrogens is 270 g/mol. The van der Waals surface area contributed by atoms with Crippen molar-refractivity contribution in [3.63, 3.8) is 0 Å². The van der Waals surface area contributed by atoms with Gasteiger partial charge in [0, 0.05) is 18.3 Å². The highest BCUT2D eigenvalue weighted by molar-refractivity contribution is 7.80. The Kier molecular flexibility index (Phi) is 5.51. The summed E-state index contributed by atoms with van der Waals surface area (Å²) in [6.45, 7) is 8.11. The third-order valence-electron chi connectivity index (χ3n) is 2.51. The van der Waals surface area contributed by atoms with E-state index < -0.39 is 0 Å². The summed E-state index contributed by atoms with van der Waals surface area (Å²) in [7, 11) is 1.80. The quantitative estimate of drug-likeness (QED) is 0.841. The lowest BCUT2D eigenvalue weighted by Crippen LogP contribution is -2.47. The molecule has 1 aromatic carbocycles. The maximum atomic E-state index is 11.8. The van der Waals surface area contributed by atoms with Crippen LogP contribution in [0.2, 0.25) is 0 Å². The zero-order chi connectivity index (χ0) is 15.3. The molecule has 0 aliphatic carbocycles. The van der Waals surface area contributed by atoms with Crippen LogP contribution >= 0.6 is 12.2 Å². The van der Waals surface area contributed by atoms with E-state index in [0.717, 1.165) is 11.3 Å². The molecule has 0 spiro atoms. The molecule has 0 saturated carbocycles. The van der Waals surface area contributed by atoms with Crippen molar-refractivity contribution in [3.8, 4) is 0 Å². The van der Waals surface area contributed by atoms with Crippen LogP contribution in [0.3, 0.4) is 0 Å². The third-order valence-corrected chi connectivity index (χ3v) is 2.92. The predicted molar refractivity (Wildman–Crippen MR) is 87.9 cm³/mol. The topological polar surface area (TPSA) is 44.4 Å². The molecule has 110 valence electrons. The number of nitrogens with zero attached hydrogens (tertiary/aromatic N) is 1. The molecule has 0 aliphatic heterocycles. The molecule has 1 aromatic rings. The first-order chi connectivity index (χ1) is 9.17. The summed E-state index contributed by atoms with van der Waals surface area (Å²) in [5, 5.41) is 6.57. The zero-order valence-electron chi connectivity index (χ0n) is 12.8. The summed E-state index contributed by atoms with van der Waals surface area (Å²) < 4.78 is 0. The van der Waals surface area contributed by atoms with Gasteiger partial charge in [-0.25, -0.2) is 0 Å². The minimum absolute atomic E-state index is 0.0478. The number of rotatable bonds is 3. The van der Waals surface area contributed by atoms with Crippen molar-refractivity contribution >= 4 is 28.9 Å². The van der Waals surface area contributed by atoms with Crippen LogP contribution in [-0.2, 0) is 4.79 Å². The molecule has 0 aliphatic rings. The summed E-state index contributed by atoms with van der Waals surface area (Å²) in [5.74, 6) is -0.0478. The van der Waals surface area contributed by atoms with Gasteiger partial charge < -0.3 is 15.5 Å². The number of nitrogens with one attached hydrogen (secondary N) is 2. The molecule has 0 unspecified atom stereocenters. The maximum absolute atomic E-state index is 11.8. The molecule has 0 bridgehead atoms. The number of aryl methyl sites for hydroxylation is 1. The number of amides is 1. The first-order valence-corrected chi connectivity index (χ1v) is 6.98. The van der Waals surface area contributed by atoms with Gasteiger partial charge in [-0.2, -0.15) is 0 Å². The molecule has 0 radical (unpaired) electrons. The van der Waals surface area contributed by atoms with Crippen molar-refractivity contribution in [2.75, 3.05) is 18.9 Å². The average Bonchev–Trinajstić information content (AvgIpc) is 2.25. The van der Waals surface area contributed by atoms with Gasteiger partial charge in [0.15, 0.2) is 5.11 Å². The number of anilines is 1. The normalized spacial score (nSPS) is 10.8. The molecule has 0 fully saturated rings. The fourth-order valence-electron chi connectivity index (χ4n) is 1.69. The van der Waals surface area contributed by atoms with Gasteiger partial charge in [0.05, 0.1) is 6.54 Å². The second kappa shape index (κ2) is 6.70. The van der Waals surface area contributed by atoms with Crippen LogP contribution in [0.4, 0.5) is 5.69 Å². The van der Waals surface area contributed by atoms with Crippen molar-refractivity contribution in [1.82, 2.24) is 10.2 Å². The van der Waals surface area contributed by atoms with Gasteiger partial charge in [0.2, 0.25) is 5.91 Å². The number of carbonyl (C=O) groups excluding carboxylic acids is 1. The molecule has 0 atom stereocenters. The Morgan fingerprint density at radius 2 is 2.00 bits per heavy atom. The Hall–Kier alpha value is -1.62. The Morgan fingerprint density at radius 1 is 1.35 bits per heavy atom. The molecule has 0 saturated heterocycles. The van der Waals surface area contributed by atoms with Gasteiger partial charge in [-0.3, -0.25) is 4.79 Å². The van der Waals surface area contributed by atoms with Crippen molar-refractivity contribution < 1.29 is 4.79 Å². The van der Waals surface area contributed by atoms with Gasteiger partial charge in [0.1, 0.15) is 0 Å². The van der Waals surface area contributed by atoms with Crippen molar-refractivity contribution in [3.05, 3.63) is 29.8 Å². The molecule has 1 amide bonds. The van der Waals surface area contributed by atoms with Crippen LogP contribution in [0.15, 0.2) is 24.3 Å². The smallest absolute Gasteiger partial charge is 0.239 e. The minimum Gasteiger partial charge on any atom is -0.350 e. The Labute approximate surface area is 126 Å². The summed E-state index contributed by atoms with van der Waals surface area (Å²) in [6, 6.07) is 7.94. The molecule has 0 aromatic heterocycles. The number of benzene rings is 1. The van der Waals surface area contributed by atoms with Crippen LogP contribution in [-0.4, -0.2) is 35.1 Å². The first kappa shape index (κ1) is 16.4. The van der Waals surface area contributed by atoms with Gasteiger partial charge in [-0.05, 0) is 57.6 Å². The summed E-state index contributed by atoms with van der Waals surface area (Å²) in [6.07, 6.45) is 0. The lowest BCUT2D eigenvalue weighted by atomic mass is 10.1. The molecule has 4 nitrogen and oxygen atoms in total. The Bertz CT molecular complexity index is 494. The second-order valence-electron chi connectivity index (χ2n) is 5.95. The van der Waals surface area contributed by atoms with E-state index >= 15 is 0 Å². The molecule has 1 rings (SSSR count). The molecule has 0 heterocycles. The molecular formula is C15H23N3OS. The van der Waals surface area contributed by atoms with E-state index in [1.165, 1.54) is 0 Å². The molecule has 2 N–H and O–H groups in total. The highest BCUT2D eigenvalue weighted by Crippen LogP contribution is 2.10. The number of likely N-dealkylation sites (N-methyl/N-ethyl adjacent to an activating group) is 1. The fourth-order valence-corrected chi connectivity index (χ4v) is 1.87. The van der Waals surface area contributed by atoms with Crippen molar-refractivity contribution in [2.24, 2.45) is 0 Å². The Morgan fingerprint density at radius 3 is 2.55 bits per heavy atom. The van der Waals surface area contributed by atoms with Crippen LogP contribution in [0.25, 0.3) is 0 Å². The zero-order valence-corrected chi connectivity index (χ0v) is 13.6. The summed E-state index contributed by atoms with van der Waals surface area (Å²) in [4.78, 5) is 13.6. The second-order valence-corrected chi connectivity index (χ2v) is 6.34. The molecule has 5 heteroatoms. The number of hydrogen-bond donors (Lipinski definition) is 2. The number of hydrogen-bond acceptors (Lipinski definition) is 2. The monoisotopic (exact) mass is 293 g/mol. The van der Waals surface area contributed by atoms with Crippen LogP contribution in [0, 0.1) is 6.92 Å². The third kappa shape index (κ3) is 6.02. The van der Waals surface area contributed by atoms with E-state index in [1.54, 1.807) is 11.9 Å². The van der Waals surface area contributed by atoms with E-state index in [2.05, 4.69) is 10.6 Å². The first-order valence-electron chi connectivity index (χ1n) is 6.57. The fraction of sp³-hybridized carbons (Fsp3) is 0.467. The van der Waals surface area contributed by atoms with Crippen molar-refractivity contribution in [2.45, 2.75) is 33.2 Å². The summed E-state index contributed by atoms with van der Waals surface area (Å²) >= 11 is 5.30.